The van der Waals surface area contributed by atoms with Crippen LogP contribution in [0.15, 0.2) is 30.3 Å². The Bertz CT molecular complexity index is 432. The summed E-state index contributed by atoms with van der Waals surface area (Å²) in [4.78, 5) is 22.3. The number of benzene rings is 1. The number of rotatable bonds is 5. The molecule has 0 bridgehead atoms. The highest BCUT2D eigenvalue weighted by molar-refractivity contribution is 5.96. The molecule has 1 aromatic carbocycles. The number of nitrogens with two attached hydrogens (primary N) is 1. The van der Waals surface area contributed by atoms with Gasteiger partial charge in [0.25, 0.3) is 0 Å². The zero-order valence-electron chi connectivity index (χ0n) is 11.5. The first-order valence-corrected chi connectivity index (χ1v) is 6.33. The van der Waals surface area contributed by atoms with Crippen molar-refractivity contribution in [3.8, 4) is 0 Å². The summed E-state index contributed by atoms with van der Waals surface area (Å²) in [5.41, 5.74) is 6.04. The number of nitrogens with one attached hydrogen (secondary N) is 2. The molecule has 3 amide bonds. The molecule has 1 rings (SSSR count). The number of hydrogen-bond donors (Lipinski definition) is 3. The summed E-state index contributed by atoms with van der Waals surface area (Å²) >= 11 is 0. The Morgan fingerprint density at radius 2 is 1.68 bits per heavy atom. The van der Waals surface area contributed by atoms with Crippen molar-refractivity contribution in [1.82, 2.24) is 10.6 Å². The van der Waals surface area contributed by atoms with Gasteiger partial charge in [-0.15, -0.1) is 0 Å². The summed E-state index contributed by atoms with van der Waals surface area (Å²) in [7, 11) is 0. The van der Waals surface area contributed by atoms with Gasteiger partial charge >= 0.3 is 6.03 Å². The molecule has 0 saturated carbocycles. The van der Waals surface area contributed by atoms with E-state index in [1.54, 1.807) is 6.92 Å². The van der Waals surface area contributed by atoms with E-state index in [0.29, 0.717) is 5.92 Å². The maximum Gasteiger partial charge on any atom is 0.318 e. The van der Waals surface area contributed by atoms with Crippen LogP contribution in [0.5, 0.6) is 0 Å². The topological polar surface area (TPSA) is 84.2 Å². The van der Waals surface area contributed by atoms with E-state index < -0.39 is 18.0 Å². The molecule has 0 aliphatic rings. The van der Waals surface area contributed by atoms with Gasteiger partial charge in [-0.2, -0.15) is 0 Å². The predicted octanol–water partition coefficient (Wildman–Crippen LogP) is 1.56. The molecule has 0 aliphatic heterocycles. The number of amides is 3. The van der Waals surface area contributed by atoms with Gasteiger partial charge in [-0.25, -0.2) is 4.79 Å². The van der Waals surface area contributed by atoms with Crippen LogP contribution < -0.4 is 16.4 Å². The van der Waals surface area contributed by atoms with Gasteiger partial charge in [0, 0.05) is 6.04 Å². The van der Waals surface area contributed by atoms with E-state index in [2.05, 4.69) is 24.5 Å². The fraction of sp³-hybridized carbons (Fsp3) is 0.429. The van der Waals surface area contributed by atoms with Gasteiger partial charge in [0.05, 0.1) is 6.04 Å². The van der Waals surface area contributed by atoms with Crippen molar-refractivity contribution in [2.75, 3.05) is 0 Å². The standard InChI is InChI=1S/C14H21N3O2/c1-9(2)12(11-7-5-4-6-8-11)16-10(3)13(18)17-14(15)19/h4-10,12,16H,1-3H3,(H3,15,17,18,19)/t10-,12-/m1/s1. The molecule has 0 aromatic heterocycles. The quantitative estimate of drug-likeness (QED) is 0.753. The predicted molar refractivity (Wildman–Crippen MR) is 74.3 cm³/mol. The van der Waals surface area contributed by atoms with Crippen molar-refractivity contribution >= 4 is 11.9 Å². The minimum atomic E-state index is -0.834. The molecule has 2 atom stereocenters. The van der Waals surface area contributed by atoms with Crippen LogP contribution in [0, 0.1) is 5.92 Å². The van der Waals surface area contributed by atoms with Gasteiger partial charge in [-0.1, -0.05) is 44.2 Å². The molecule has 0 aliphatic carbocycles. The number of primary amides is 1. The lowest BCUT2D eigenvalue weighted by atomic mass is 9.95. The SMILES string of the molecule is CC(C)[C@@H](N[C@H](C)C(=O)NC(N)=O)c1ccccc1. The van der Waals surface area contributed by atoms with Crippen molar-refractivity contribution in [2.45, 2.75) is 32.9 Å². The second-order valence-corrected chi connectivity index (χ2v) is 4.87. The first-order chi connectivity index (χ1) is 8.91. The first-order valence-electron chi connectivity index (χ1n) is 6.33. The Kier molecular flexibility index (Phi) is 5.51. The molecule has 1 aromatic rings. The lowest BCUT2D eigenvalue weighted by Gasteiger charge is -2.26. The second kappa shape index (κ2) is 6.89. The summed E-state index contributed by atoms with van der Waals surface area (Å²) in [5.74, 6) is -0.111. The molecule has 5 nitrogen and oxygen atoms in total. The molecule has 0 unspecified atom stereocenters. The number of carbonyl (C=O) groups excluding carboxylic acids is 2. The van der Waals surface area contributed by atoms with Gasteiger partial charge in [-0.05, 0) is 18.4 Å². The lowest BCUT2D eigenvalue weighted by molar-refractivity contribution is -0.121. The Hall–Kier alpha value is -1.88. The smallest absolute Gasteiger partial charge is 0.318 e. The van der Waals surface area contributed by atoms with E-state index in [-0.39, 0.29) is 6.04 Å². The Labute approximate surface area is 113 Å². The normalized spacial score (nSPS) is 13.9. The van der Waals surface area contributed by atoms with E-state index >= 15 is 0 Å². The van der Waals surface area contributed by atoms with Crippen LogP contribution in [-0.2, 0) is 4.79 Å². The van der Waals surface area contributed by atoms with Crippen LogP contribution in [0.4, 0.5) is 4.79 Å². The van der Waals surface area contributed by atoms with Crippen LogP contribution in [0.3, 0.4) is 0 Å². The first kappa shape index (κ1) is 15.2. The van der Waals surface area contributed by atoms with Crippen molar-refractivity contribution < 1.29 is 9.59 Å². The van der Waals surface area contributed by atoms with E-state index in [0.717, 1.165) is 5.56 Å². The van der Waals surface area contributed by atoms with Gasteiger partial charge in [-0.3, -0.25) is 15.4 Å². The molecular formula is C14H21N3O2. The third-order valence-electron chi connectivity index (χ3n) is 2.89. The third-order valence-corrected chi connectivity index (χ3v) is 2.89. The fourth-order valence-electron chi connectivity index (χ4n) is 1.91. The molecule has 0 heterocycles. The lowest BCUT2D eigenvalue weighted by Crippen LogP contribution is -2.48. The minimum absolute atomic E-state index is 0.0369. The highest BCUT2D eigenvalue weighted by Gasteiger charge is 2.22. The van der Waals surface area contributed by atoms with Crippen LogP contribution in [0.2, 0.25) is 0 Å². The van der Waals surface area contributed by atoms with Crippen molar-refractivity contribution in [2.24, 2.45) is 11.7 Å². The molecule has 19 heavy (non-hydrogen) atoms. The van der Waals surface area contributed by atoms with Crippen LogP contribution in [0.25, 0.3) is 0 Å². The zero-order chi connectivity index (χ0) is 14.4. The van der Waals surface area contributed by atoms with Gasteiger partial charge in [0.1, 0.15) is 0 Å². The maximum absolute atomic E-state index is 11.7. The van der Waals surface area contributed by atoms with Crippen LogP contribution >= 0.6 is 0 Å². The summed E-state index contributed by atoms with van der Waals surface area (Å²) in [5, 5.41) is 5.29. The van der Waals surface area contributed by atoms with Crippen molar-refractivity contribution in [1.29, 1.82) is 0 Å². The molecule has 104 valence electrons. The van der Waals surface area contributed by atoms with Crippen molar-refractivity contribution in [3.05, 3.63) is 35.9 Å². The van der Waals surface area contributed by atoms with E-state index in [1.807, 2.05) is 30.3 Å². The summed E-state index contributed by atoms with van der Waals surface area (Å²) in [6, 6.07) is 8.59. The van der Waals surface area contributed by atoms with E-state index in [1.165, 1.54) is 0 Å². The van der Waals surface area contributed by atoms with Crippen LogP contribution in [0.1, 0.15) is 32.4 Å². The Morgan fingerprint density at radius 1 is 1.11 bits per heavy atom. The van der Waals surface area contributed by atoms with Gasteiger partial charge < -0.3 is 5.73 Å². The Morgan fingerprint density at radius 3 is 2.16 bits per heavy atom. The average Bonchev–Trinajstić information content (AvgIpc) is 2.35. The monoisotopic (exact) mass is 263 g/mol. The zero-order valence-corrected chi connectivity index (χ0v) is 11.5. The van der Waals surface area contributed by atoms with E-state index in [9.17, 15) is 9.59 Å². The molecule has 0 fully saturated rings. The summed E-state index contributed by atoms with van der Waals surface area (Å²) in [6.07, 6.45) is 0. The molecule has 4 N–H and O–H groups in total. The van der Waals surface area contributed by atoms with Gasteiger partial charge in [0.2, 0.25) is 5.91 Å². The number of carbonyl (C=O) groups is 2. The van der Waals surface area contributed by atoms with Gasteiger partial charge in [0.15, 0.2) is 0 Å². The number of hydrogen-bond acceptors (Lipinski definition) is 3. The largest absolute Gasteiger partial charge is 0.351 e. The van der Waals surface area contributed by atoms with Crippen molar-refractivity contribution in [3.63, 3.8) is 0 Å². The number of imide groups is 1. The molecule has 0 radical (unpaired) electrons. The van der Waals surface area contributed by atoms with Crippen LogP contribution in [-0.4, -0.2) is 18.0 Å². The molecule has 0 saturated heterocycles. The second-order valence-electron chi connectivity index (χ2n) is 4.87. The molecule has 5 heteroatoms. The molecule has 0 spiro atoms. The summed E-state index contributed by atoms with van der Waals surface area (Å²) in [6.45, 7) is 5.85. The van der Waals surface area contributed by atoms with E-state index in [4.69, 9.17) is 5.73 Å². The summed E-state index contributed by atoms with van der Waals surface area (Å²) < 4.78 is 0. The highest BCUT2D eigenvalue weighted by Crippen LogP contribution is 2.21. The third kappa shape index (κ3) is 4.71. The minimum Gasteiger partial charge on any atom is -0.351 e. The number of urea groups is 1. The highest BCUT2D eigenvalue weighted by atomic mass is 16.2. The fourth-order valence-corrected chi connectivity index (χ4v) is 1.91. The maximum atomic E-state index is 11.7. The average molecular weight is 263 g/mol. The Balaban J connectivity index is 2.75. The molecular weight excluding hydrogens is 242 g/mol.